The van der Waals surface area contributed by atoms with Gasteiger partial charge in [0, 0.05) is 12.6 Å². The SMILES string of the molecule is CC1CCCC1NCCS(=O)(=O)c1cccc(C#N)c1. The van der Waals surface area contributed by atoms with E-state index in [-0.39, 0.29) is 10.6 Å². The first-order chi connectivity index (χ1) is 9.53. The second-order valence-corrected chi connectivity index (χ2v) is 7.54. The summed E-state index contributed by atoms with van der Waals surface area (Å²) in [6.45, 7) is 2.67. The van der Waals surface area contributed by atoms with Gasteiger partial charge in [0.15, 0.2) is 9.84 Å². The molecule has 0 bridgehead atoms. The molecule has 2 rings (SSSR count). The third kappa shape index (κ3) is 3.59. The summed E-state index contributed by atoms with van der Waals surface area (Å²) < 4.78 is 24.4. The van der Waals surface area contributed by atoms with Crippen molar-refractivity contribution in [1.82, 2.24) is 5.32 Å². The van der Waals surface area contributed by atoms with E-state index in [4.69, 9.17) is 5.26 Å². The van der Waals surface area contributed by atoms with E-state index in [1.54, 1.807) is 18.2 Å². The maximum atomic E-state index is 12.2. The molecule has 0 aliphatic heterocycles. The van der Waals surface area contributed by atoms with Crippen molar-refractivity contribution in [3.63, 3.8) is 0 Å². The van der Waals surface area contributed by atoms with Gasteiger partial charge in [0.05, 0.1) is 22.3 Å². The van der Waals surface area contributed by atoms with E-state index >= 15 is 0 Å². The number of hydrogen-bond donors (Lipinski definition) is 1. The molecule has 0 aromatic heterocycles. The van der Waals surface area contributed by atoms with Gasteiger partial charge in [-0.05, 0) is 37.0 Å². The molecule has 0 saturated heterocycles. The van der Waals surface area contributed by atoms with Gasteiger partial charge in [-0.2, -0.15) is 5.26 Å². The predicted octanol–water partition coefficient (Wildman–Crippen LogP) is 2.11. The Labute approximate surface area is 120 Å². The zero-order valence-corrected chi connectivity index (χ0v) is 12.5. The van der Waals surface area contributed by atoms with E-state index in [0.29, 0.717) is 24.1 Å². The van der Waals surface area contributed by atoms with E-state index in [0.717, 1.165) is 6.42 Å². The predicted molar refractivity (Wildman–Crippen MR) is 78.0 cm³/mol. The molecule has 108 valence electrons. The van der Waals surface area contributed by atoms with Crippen LogP contribution in [0.25, 0.3) is 0 Å². The molecule has 2 unspecified atom stereocenters. The van der Waals surface area contributed by atoms with Crippen LogP contribution in [-0.2, 0) is 9.84 Å². The fraction of sp³-hybridized carbons (Fsp3) is 0.533. The summed E-state index contributed by atoms with van der Waals surface area (Å²) in [5.41, 5.74) is 0.378. The van der Waals surface area contributed by atoms with Gasteiger partial charge in [-0.1, -0.05) is 19.4 Å². The number of nitrogens with one attached hydrogen (secondary N) is 1. The largest absolute Gasteiger partial charge is 0.313 e. The lowest BCUT2D eigenvalue weighted by atomic mass is 10.1. The topological polar surface area (TPSA) is 70.0 Å². The van der Waals surface area contributed by atoms with Gasteiger partial charge >= 0.3 is 0 Å². The van der Waals surface area contributed by atoms with Gasteiger partial charge in [-0.3, -0.25) is 0 Å². The van der Waals surface area contributed by atoms with Crippen molar-refractivity contribution in [3.8, 4) is 6.07 Å². The minimum Gasteiger partial charge on any atom is -0.313 e. The Kier molecular flexibility index (Phi) is 4.79. The zero-order valence-electron chi connectivity index (χ0n) is 11.7. The molecule has 0 spiro atoms. The fourth-order valence-corrected chi connectivity index (χ4v) is 3.92. The Morgan fingerprint density at radius 3 is 2.85 bits per heavy atom. The molecule has 1 aromatic rings. The smallest absolute Gasteiger partial charge is 0.179 e. The van der Waals surface area contributed by atoms with Crippen molar-refractivity contribution < 1.29 is 8.42 Å². The van der Waals surface area contributed by atoms with Crippen LogP contribution in [-0.4, -0.2) is 26.8 Å². The van der Waals surface area contributed by atoms with E-state index in [2.05, 4.69) is 12.2 Å². The second-order valence-electron chi connectivity index (χ2n) is 5.43. The Hall–Kier alpha value is -1.38. The molecule has 0 heterocycles. The number of sulfone groups is 1. The van der Waals surface area contributed by atoms with Gasteiger partial charge in [-0.15, -0.1) is 0 Å². The van der Waals surface area contributed by atoms with Gasteiger partial charge in [0.1, 0.15) is 0 Å². The normalized spacial score (nSPS) is 22.6. The third-order valence-corrected chi connectivity index (χ3v) is 5.67. The van der Waals surface area contributed by atoms with Crippen LogP contribution in [0.15, 0.2) is 29.2 Å². The van der Waals surface area contributed by atoms with Crippen LogP contribution in [0.1, 0.15) is 31.7 Å². The lowest BCUT2D eigenvalue weighted by Gasteiger charge is -2.17. The highest BCUT2D eigenvalue weighted by molar-refractivity contribution is 7.91. The number of rotatable bonds is 5. The molecule has 2 atom stereocenters. The summed E-state index contributed by atoms with van der Waals surface area (Å²) in [5, 5.41) is 12.2. The number of hydrogen-bond acceptors (Lipinski definition) is 4. The number of nitriles is 1. The summed E-state index contributed by atoms with van der Waals surface area (Å²) >= 11 is 0. The highest BCUT2D eigenvalue weighted by atomic mass is 32.2. The monoisotopic (exact) mass is 292 g/mol. The maximum absolute atomic E-state index is 12.2. The van der Waals surface area contributed by atoms with Crippen molar-refractivity contribution in [1.29, 1.82) is 5.26 Å². The van der Waals surface area contributed by atoms with E-state index < -0.39 is 9.84 Å². The van der Waals surface area contributed by atoms with Crippen LogP contribution < -0.4 is 5.32 Å². The summed E-state index contributed by atoms with van der Waals surface area (Å²) in [6.07, 6.45) is 3.57. The van der Waals surface area contributed by atoms with Crippen LogP contribution >= 0.6 is 0 Å². The molecular weight excluding hydrogens is 272 g/mol. The lowest BCUT2D eigenvalue weighted by Crippen LogP contribution is -2.34. The van der Waals surface area contributed by atoms with Crippen molar-refractivity contribution in [2.75, 3.05) is 12.3 Å². The molecule has 0 radical (unpaired) electrons. The van der Waals surface area contributed by atoms with Gasteiger partial charge < -0.3 is 5.32 Å². The average Bonchev–Trinajstić information content (AvgIpc) is 2.84. The summed E-state index contributed by atoms with van der Waals surface area (Å²) in [4.78, 5) is 0.234. The molecule has 1 N–H and O–H groups in total. The third-order valence-electron chi connectivity index (χ3n) is 3.96. The summed E-state index contributed by atoms with van der Waals surface area (Å²) in [5.74, 6) is 0.699. The molecule has 5 heteroatoms. The number of benzene rings is 1. The van der Waals surface area contributed by atoms with Crippen molar-refractivity contribution in [2.45, 2.75) is 37.1 Å². The molecule has 0 amide bonds. The van der Waals surface area contributed by atoms with Crippen molar-refractivity contribution in [2.24, 2.45) is 5.92 Å². The fourth-order valence-electron chi connectivity index (χ4n) is 2.70. The molecule has 20 heavy (non-hydrogen) atoms. The molecule has 1 aliphatic rings. The van der Waals surface area contributed by atoms with E-state index in [1.165, 1.54) is 18.9 Å². The van der Waals surface area contributed by atoms with Crippen molar-refractivity contribution in [3.05, 3.63) is 29.8 Å². The summed E-state index contributed by atoms with van der Waals surface area (Å²) in [6, 6.07) is 8.61. The number of nitrogens with zero attached hydrogens (tertiary/aromatic N) is 1. The van der Waals surface area contributed by atoms with Crippen LogP contribution in [0.2, 0.25) is 0 Å². The van der Waals surface area contributed by atoms with Gasteiger partial charge in [0.25, 0.3) is 0 Å². The average molecular weight is 292 g/mol. The maximum Gasteiger partial charge on any atom is 0.179 e. The molecule has 1 fully saturated rings. The van der Waals surface area contributed by atoms with Crippen molar-refractivity contribution >= 4 is 9.84 Å². The quantitative estimate of drug-likeness (QED) is 0.902. The summed E-state index contributed by atoms with van der Waals surface area (Å²) in [7, 11) is -3.32. The van der Waals surface area contributed by atoms with Crippen LogP contribution in [0.3, 0.4) is 0 Å². The second kappa shape index (κ2) is 6.38. The van der Waals surface area contributed by atoms with Crippen LogP contribution in [0.5, 0.6) is 0 Å². The van der Waals surface area contributed by atoms with Gasteiger partial charge in [0.2, 0.25) is 0 Å². The molecule has 1 aromatic carbocycles. The first-order valence-corrected chi connectivity index (χ1v) is 8.64. The first kappa shape index (κ1) is 15.0. The Morgan fingerprint density at radius 2 is 2.20 bits per heavy atom. The standard InChI is InChI=1S/C15H20N2O2S/c1-12-4-2-7-15(12)17-8-9-20(18,19)14-6-3-5-13(10-14)11-16/h3,5-6,10,12,15,17H,2,4,7-9H2,1H3. The molecule has 4 nitrogen and oxygen atoms in total. The molecule has 1 saturated carbocycles. The molecular formula is C15H20N2O2S. The minimum atomic E-state index is -3.32. The lowest BCUT2D eigenvalue weighted by molar-refractivity contribution is 0.437. The minimum absolute atomic E-state index is 0.0745. The van der Waals surface area contributed by atoms with E-state index in [9.17, 15) is 8.42 Å². The first-order valence-electron chi connectivity index (χ1n) is 6.99. The van der Waals surface area contributed by atoms with Gasteiger partial charge in [-0.25, -0.2) is 8.42 Å². The Balaban J connectivity index is 1.95. The highest BCUT2D eigenvalue weighted by Crippen LogP contribution is 2.24. The van der Waals surface area contributed by atoms with Crippen LogP contribution in [0.4, 0.5) is 0 Å². The zero-order chi connectivity index (χ0) is 14.6. The Bertz CT molecular complexity index is 605. The van der Waals surface area contributed by atoms with Crippen LogP contribution in [0, 0.1) is 17.2 Å². The van der Waals surface area contributed by atoms with E-state index in [1.807, 2.05) is 6.07 Å². The molecule has 1 aliphatic carbocycles. The highest BCUT2D eigenvalue weighted by Gasteiger charge is 2.23. The Morgan fingerprint density at radius 1 is 1.40 bits per heavy atom.